The highest BCUT2D eigenvalue weighted by atomic mass is 16.8. The summed E-state index contributed by atoms with van der Waals surface area (Å²) in [6, 6.07) is 0. The van der Waals surface area contributed by atoms with Gasteiger partial charge in [-0.05, 0) is 56.3 Å². The minimum atomic E-state index is -0.393. The van der Waals surface area contributed by atoms with Crippen molar-refractivity contribution < 1.29 is 14.2 Å². The zero-order valence-corrected chi connectivity index (χ0v) is 13.8. The predicted molar refractivity (Wildman–Crippen MR) is 80.7 cm³/mol. The van der Waals surface area contributed by atoms with Crippen LogP contribution in [0.5, 0.6) is 0 Å². The Morgan fingerprint density at radius 2 is 2.00 bits per heavy atom. The number of unbranched alkanes of at least 4 members (excludes halogenated alkanes) is 1. The van der Waals surface area contributed by atoms with Crippen LogP contribution in [-0.2, 0) is 14.2 Å². The van der Waals surface area contributed by atoms with E-state index in [4.69, 9.17) is 14.2 Å². The SMILES string of the molecule is CCCC[C@H]1CO[C@@H]2O[C@@]3(C)CC[C@H]4[C@H](C)CC[C@@H]1[C@@]24O3. The summed E-state index contributed by atoms with van der Waals surface area (Å²) >= 11 is 0. The molecule has 4 rings (SSSR count). The number of ether oxygens (including phenoxy) is 3. The topological polar surface area (TPSA) is 27.7 Å². The van der Waals surface area contributed by atoms with Gasteiger partial charge >= 0.3 is 0 Å². The van der Waals surface area contributed by atoms with E-state index in [9.17, 15) is 0 Å². The first-order valence-electron chi connectivity index (χ1n) is 9.08. The van der Waals surface area contributed by atoms with Crippen LogP contribution in [0, 0.1) is 23.7 Å². The Morgan fingerprint density at radius 3 is 2.81 bits per heavy atom. The Bertz CT molecular complexity index is 411. The second kappa shape index (κ2) is 4.94. The molecule has 2 bridgehead atoms. The van der Waals surface area contributed by atoms with Crippen molar-refractivity contribution >= 4 is 0 Å². The van der Waals surface area contributed by atoms with E-state index in [-0.39, 0.29) is 11.9 Å². The van der Waals surface area contributed by atoms with Gasteiger partial charge in [0.25, 0.3) is 0 Å². The Morgan fingerprint density at radius 1 is 1.14 bits per heavy atom. The Labute approximate surface area is 128 Å². The van der Waals surface area contributed by atoms with E-state index in [1.54, 1.807) is 0 Å². The van der Waals surface area contributed by atoms with Gasteiger partial charge in [-0.1, -0.05) is 26.7 Å². The van der Waals surface area contributed by atoms with E-state index >= 15 is 0 Å². The number of rotatable bonds is 3. The van der Waals surface area contributed by atoms with Crippen LogP contribution in [0.2, 0.25) is 0 Å². The maximum atomic E-state index is 6.68. The van der Waals surface area contributed by atoms with E-state index in [1.165, 1.54) is 38.5 Å². The third kappa shape index (κ3) is 1.96. The van der Waals surface area contributed by atoms with Gasteiger partial charge in [-0.15, -0.1) is 0 Å². The summed E-state index contributed by atoms with van der Waals surface area (Å²) in [7, 11) is 0. The molecule has 1 aliphatic carbocycles. The van der Waals surface area contributed by atoms with Gasteiger partial charge in [0, 0.05) is 6.42 Å². The molecule has 1 saturated carbocycles. The van der Waals surface area contributed by atoms with Gasteiger partial charge in [-0.25, -0.2) is 0 Å². The van der Waals surface area contributed by atoms with E-state index in [2.05, 4.69) is 20.8 Å². The maximum absolute atomic E-state index is 6.68. The molecular formula is C18H30O3. The number of hydrogen-bond acceptors (Lipinski definition) is 3. The monoisotopic (exact) mass is 294 g/mol. The summed E-state index contributed by atoms with van der Waals surface area (Å²) in [5.41, 5.74) is -0.138. The second-order valence-corrected chi connectivity index (χ2v) is 8.08. The van der Waals surface area contributed by atoms with Crippen LogP contribution in [0.25, 0.3) is 0 Å². The van der Waals surface area contributed by atoms with Crippen molar-refractivity contribution in [3.63, 3.8) is 0 Å². The van der Waals surface area contributed by atoms with Crippen LogP contribution < -0.4 is 0 Å². The van der Waals surface area contributed by atoms with Crippen LogP contribution in [0.4, 0.5) is 0 Å². The fraction of sp³-hybridized carbons (Fsp3) is 1.00. The number of fused-ring (bicyclic) bond motifs is 1. The lowest BCUT2D eigenvalue weighted by molar-refractivity contribution is -0.273. The van der Waals surface area contributed by atoms with Gasteiger partial charge in [-0.2, -0.15) is 0 Å². The third-order valence-electron chi connectivity index (χ3n) is 6.76. The Kier molecular flexibility index (Phi) is 3.40. The first-order valence-corrected chi connectivity index (χ1v) is 9.08. The molecule has 3 saturated heterocycles. The summed E-state index contributed by atoms with van der Waals surface area (Å²) in [5.74, 6) is 2.28. The van der Waals surface area contributed by atoms with Crippen LogP contribution in [-0.4, -0.2) is 24.3 Å². The molecule has 0 amide bonds. The average molecular weight is 294 g/mol. The molecule has 0 N–H and O–H groups in total. The molecular weight excluding hydrogens is 264 g/mol. The van der Waals surface area contributed by atoms with Crippen LogP contribution in [0.1, 0.15) is 65.7 Å². The van der Waals surface area contributed by atoms with E-state index in [0.29, 0.717) is 17.8 Å². The summed E-state index contributed by atoms with van der Waals surface area (Å²) in [4.78, 5) is 0. The summed E-state index contributed by atoms with van der Waals surface area (Å²) in [6.45, 7) is 7.69. The molecule has 0 radical (unpaired) electrons. The fourth-order valence-corrected chi connectivity index (χ4v) is 5.74. The molecule has 0 aromatic heterocycles. The van der Waals surface area contributed by atoms with Gasteiger partial charge < -0.3 is 14.2 Å². The van der Waals surface area contributed by atoms with Crippen molar-refractivity contribution in [2.45, 2.75) is 83.4 Å². The molecule has 3 nitrogen and oxygen atoms in total. The van der Waals surface area contributed by atoms with Crippen molar-refractivity contribution in [3.8, 4) is 0 Å². The van der Waals surface area contributed by atoms with Crippen molar-refractivity contribution in [2.24, 2.45) is 23.7 Å². The van der Waals surface area contributed by atoms with Crippen LogP contribution in [0.15, 0.2) is 0 Å². The van der Waals surface area contributed by atoms with Crippen molar-refractivity contribution in [3.05, 3.63) is 0 Å². The molecule has 7 atom stereocenters. The highest BCUT2D eigenvalue weighted by Crippen LogP contribution is 2.62. The van der Waals surface area contributed by atoms with Gasteiger partial charge in [0.05, 0.1) is 6.61 Å². The van der Waals surface area contributed by atoms with Crippen molar-refractivity contribution in [1.82, 2.24) is 0 Å². The first-order chi connectivity index (χ1) is 10.1. The average Bonchev–Trinajstić information content (AvgIpc) is 2.69. The molecule has 0 aromatic rings. The van der Waals surface area contributed by atoms with E-state index < -0.39 is 5.79 Å². The molecule has 0 aromatic carbocycles. The third-order valence-corrected chi connectivity index (χ3v) is 6.76. The zero-order valence-electron chi connectivity index (χ0n) is 13.8. The van der Waals surface area contributed by atoms with E-state index in [0.717, 1.165) is 18.9 Å². The fourth-order valence-electron chi connectivity index (χ4n) is 5.74. The summed E-state index contributed by atoms with van der Waals surface area (Å²) in [5, 5.41) is 0. The minimum Gasteiger partial charge on any atom is -0.349 e. The van der Waals surface area contributed by atoms with Gasteiger partial charge in [0.15, 0.2) is 12.1 Å². The molecule has 3 heterocycles. The molecule has 21 heavy (non-hydrogen) atoms. The molecule has 3 heteroatoms. The Balaban J connectivity index is 1.68. The van der Waals surface area contributed by atoms with Crippen molar-refractivity contribution in [1.29, 1.82) is 0 Å². The lowest BCUT2D eigenvalue weighted by atomic mass is 9.57. The van der Waals surface area contributed by atoms with Gasteiger partial charge in [0.1, 0.15) is 5.60 Å². The number of hydrogen-bond donors (Lipinski definition) is 0. The Hall–Kier alpha value is -0.120. The predicted octanol–water partition coefficient (Wildman–Crippen LogP) is 4.11. The van der Waals surface area contributed by atoms with Gasteiger partial charge in [-0.3, -0.25) is 0 Å². The van der Waals surface area contributed by atoms with Crippen molar-refractivity contribution in [2.75, 3.05) is 6.61 Å². The molecule has 120 valence electrons. The first kappa shape index (κ1) is 14.5. The summed E-state index contributed by atoms with van der Waals surface area (Å²) in [6.07, 6.45) is 8.68. The summed E-state index contributed by atoms with van der Waals surface area (Å²) < 4.78 is 19.2. The second-order valence-electron chi connectivity index (χ2n) is 8.08. The normalized spacial score (nSPS) is 55.3. The van der Waals surface area contributed by atoms with Gasteiger partial charge in [0.2, 0.25) is 0 Å². The minimum absolute atomic E-state index is 0.111. The van der Waals surface area contributed by atoms with Crippen LogP contribution >= 0.6 is 0 Å². The lowest BCUT2D eigenvalue weighted by Gasteiger charge is -2.57. The highest BCUT2D eigenvalue weighted by Gasteiger charge is 2.70. The molecule has 4 fully saturated rings. The molecule has 0 unspecified atom stereocenters. The molecule has 3 aliphatic heterocycles. The largest absolute Gasteiger partial charge is 0.349 e. The maximum Gasteiger partial charge on any atom is 0.190 e. The molecule has 4 aliphatic rings. The smallest absolute Gasteiger partial charge is 0.190 e. The highest BCUT2D eigenvalue weighted by molar-refractivity contribution is 5.12. The molecule has 1 spiro atoms. The lowest BCUT2D eigenvalue weighted by Crippen LogP contribution is -2.64. The zero-order chi connectivity index (χ0) is 14.7. The quantitative estimate of drug-likeness (QED) is 0.784. The van der Waals surface area contributed by atoms with E-state index in [1.807, 2.05) is 0 Å². The van der Waals surface area contributed by atoms with Crippen LogP contribution in [0.3, 0.4) is 0 Å². The standard InChI is InChI=1S/C18H30O3/c1-4-5-6-13-11-19-16-18-14(12(2)7-8-15(13)18)9-10-17(3,20-16)21-18/h12-16H,4-11H2,1-3H3/t12-,13+,14+,15+,16-,17-,18-/m1/s1.